The highest BCUT2D eigenvalue weighted by Crippen LogP contribution is 2.24. The number of hydrogen-bond acceptors (Lipinski definition) is 2. The molecule has 0 aliphatic rings. The summed E-state index contributed by atoms with van der Waals surface area (Å²) < 4.78 is 0. The molecule has 0 heterocycles. The van der Waals surface area contributed by atoms with E-state index in [9.17, 15) is 0 Å². The molecular formula is C12H26S2. The molecule has 86 valence electrons. The van der Waals surface area contributed by atoms with Gasteiger partial charge < -0.3 is 0 Å². The monoisotopic (exact) mass is 234 g/mol. The average Bonchev–Trinajstić information content (AvgIpc) is 2.09. The lowest BCUT2D eigenvalue weighted by molar-refractivity contribution is 0.401. The normalized spacial score (nSPS) is 16.7. The van der Waals surface area contributed by atoms with Crippen molar-refractivity contribution in [2.24, 2.45) is 17.3 Å². The summed E-state index contributed by atoms with van der Waals surface area (Å²) in [6.45, 7) is 11.6. The van der Waals surface area contributed by atoms with Crippen LogP contribution < -0.4 is 0 Å². The molecule has 0 aliphatic heterocycles. The molecule has 0 saturated carbocycles. The summed E-state index contributed by atoms with van der Waals surface area (Å²) in [4.78, 5) is 0. The fraction of sp³-hybridized carbons (Fsp3) is 1.00. The molecule has 0 aromatic heterocycles. The van der Waals surface area contributed by atoms with Crippen LogP contribution in [-0.4, -0.2) is 17.3 Å². The summed E-state index contributed by atoms with van der Waals surface area (Å²) in [5, 5.41) is 0. The highest BCUT2D eigenvalue weighted by molar-refractivity contribution is 7.99. The van der Waals surface area contributed by atoms with Crippen molar-refractivity contribution in [2.75, 3.05) is 17.3 Å². The minimum Gasteiger partial charge on any atom is -0.179 e. The van der Waals surface area contributed by atoms with Crippen LogP contribution in [0.5, 0.6) is 0 Å². The van der Waals surface area contributed by atoms with Crippen LogP contribution in [0.15, 0.2) is 0 Å². The molecule has 0 fully saturated rings. The van der Waals surface area contributed by atoms with Gasteiger partial charge in [0.25, 0.3) is 0 Å². The maximum absolute atomic E-state index is 4.34. The number of rotatable bonds is 6. The molecule has 0 nitrogen and oxygen atoms in total. The van der Waals surface area contributed by atoms with Crippen molar-refractivity contribution < 1.29 is 0 Å². The molecule has 2 atom stereocenters. The van der Waals surface area contributed by atoms with Gasteiger partial charge in [0.1, 0.15) is 0 Å². The first kappa shape index (κ1) is 14.7. The summed E-state index contributed by atoms with van der Waals surface area (Å²) in [6.07, 6.45) is 1.32. The number of thiol groups is 1. The molecule has 0 amide bonds. The van der Waals surface area contributed by atoms with Gasteiger partial charge in [-0.15, -0.1) is 0 Å². The van der Waals surface area contributed by atoms with Gasteiger partial charge in [0.15, 0.2) is 0 Å². The van der Waals surface area contributed by atoms with E-state index >= 15 is 0 Å². The molecule has 0 radical (unpaired) electrons. The second-order valence-electron chi connectivity index (χ2n) is 5.52. The molecule has 2 heteroatoms. The highest BCUT2D eigenvalue weighted by Gasteiger charge is 2.12. The second kappa shape index (κ2) is 7.05. The first-order chi connectivity index (χ1) is 6.37. The van der Waals surface area contributed by atoms with Crippen molar-refractivity contribution in [3.63, 3.8) is 0 Å². The Balaban J connectivity index is 3.45. The van der Waals surface area contributed by atoms with Crippen LogP contribution in [0.3, 0.4) is 0 Å². The Kier molecular flexibility index (Phi) is 7.41. The zero-order chi connectivity index (χ0) is 11.2. The van der Waals surface area contributed by atoms with Crippen molar-refractivity contribution in [2.45, 2.75) is 41.0 Å². The molecular weight excluding hydrogens is 208 g/mol. The zero-order valence-corrected chi connectivity index (χ0v) is 12.0. The summed E-state index contributed by atoms with van der Waals surface area (Å²) in [7, 11) is 0. The fourth-order valence-electron chi connectivity index (χ4n) is 0.992. The fourth-order valence-corrected chi connectivity index (χ4v) is 2.98. The molecule has 0 aliphatic carbocycles. The van der Waals surface area contributed by atoms with Crippen LogP contribution in [0, 0.1) is 17.3 Å². The Morgan fingerprint density at radius 1 is 1.14 bits per heavy atom. The van der Waals surface area contributed by atoms with Gasteiger partial charge >= 0.3 is 0 Å². The van der Waals surface area contributed by atoms with E-state index in [2.05, 4.69) is 59.0 Å². The average molecular weight is 234 g/mol. The number of hydrogen-bond donors (Lipinski definition) is 1. The smallest absolute Gasteiger partial charge is 0.00389 e. The Morgan fingerprint density at radius 2 is 1.71 bits per heavy atom. The summed E-state index contributed by atoms with van der Waals surface area (Å²) in [6, 6.07) is 0. The van der Waals surface area contributed by atoms with Gasteiger partial charge in [-0.2, -0.15) is 24.4 Å². The van der Waals surface area contributed by atoms with Gasteiger partial charge in [0.2, 0.25) is 0 Å². The van der Waals surface area contributed by atoms with Crippen molar-refractivity contribution >= 4 is 24.4 Å². The highest BCUT2D eigenvalue weighted by atomic mass is 32.2. The molecule has 14 heavy (non-hydrogen) atoms. The summed E-state index contributed by atoms with van der Waals surface area (Å²) in [5.41, 5.74) is 0.491. The van der Waals surface area contributed by atoms with Gasteiger partial charge in [-0.05, 0) is 40.9 Å². The Bertz CT molecular complexity index is 138. The van der Waals surface area contributed by atoms with E-state index < -0.39 is 0 Å². The zero-order valence-electron chi connectivity index (χ0n) is 10.3. The van der Waals surface area contributed by atoms with Crippen LogP contribution in [-0.2, 0) is 0 Å². The lowest BCUT2D eigenvalue weighted by Gasteiger charge is -2.20. The molecule has 0 aromatic carbocycles. The van der Waals surface area contributed by atoms with Crippen LogP contribution in [0.25, 0.3) is 0 Å². The summed E-state index contributed by atoms with van der Waals surface area (Å²) in [5.74, 6) is 5.16. The van der Waals surface area contributed by atoms with E-state index in [1.807, 2.05) is 0 Å². The summed E-state index contributed by atoms with van der Waals surface area (Å²) >= 11 is 6.43. The van der Waals surface area contributed by atoms with Gasteiger partial charge in [-0.3, -0.25) is 0 Å². The van der Waals surface area contributed by atoms with Crippen molar-refractivity contribution in [3.05, 3.63) is 0 Å². The topological polar surface area (TPSA) is 0 Å². The standard InChI is InChI=1S/C12H26S2/c1-10(8-13)11(2)9-14-7-6-12(3,4)5/h10-11,13H,6-9H2,1-5H3. The van der Waals surface area contributed by atoms with Gasteiger partial charge in [-0.25, -0.2) is 0 Å². The first-order valence-electron chi connectivity index (χ1n) is 5.55. The first-order valence-corrected chi connectivity index (χ1v) is 7.34. The minimum atomic E-state index is 0.491. The molecule has 0 bridgehead atoms. The van der Waals surface area contributed by atoms with Gasteiger partial charge in [0.05, 0.1) is 0 Å². The minimum absolute atomic E-state index is 0.491. The van der Waals surface area contributed by atoms with Gasteiger partial charge in [0, 0.05) is 0 Å². The van der Waals surface area contributed by atoms with Crippen LogP contribution in [0.4, 0.5) is 0 Å². The maximum Gasteiger partial charge on any atom is -0.00389 e. The van der Waals surface area contributed by atoms with Crippen molar-refractivity contribution in [3.8, 4) is 0 Å². The van der Waals surface area contributed by atoms with Crippen molar-refractivity contribution in [1.29, 1.82) is 0 Å². The van der Waals surface area contributed by atoms with Crippen molar-refractivity contribution in [1.82, 2.24) is 0 Å². The Morgan fingerprint density at radius 3 is 2.14 bits per heavy atom. The second-order valence-corrected chi connectivity index (χ2v) is 7.04. The predicted molar refractivity (Wildman–Crippen MR) is 73.6 cm³/mol. The third-order valence-corrected chi connectivity index (χ3v) is 4.47. The Hall–Kier alpha value is 0.700. The quantitative estimate of drug-likeness (QED) is 0.526. The molecule has 0 spiro atoms. The van der Waals surface area contributed by atoms with E-state index in [1.54, 1.807) is 0 Å². The van der Waals surface area contributed by atoms with Gasteiger partial charge in [-0.1, -0.05) is 34.6 Å². The van der Waals surface area contributed by atoms with E-state index in [-0.39, 0.29) is 0 Å². The molecule has 0 N–H and O–H groups in total. The van der Waals surface area contributed by atoms with E-state index in [4.69, 9.17) is 0 Å². The lowest BCUT2D eigenvalue weighted by atomic mass is 9.94. The van der Waals surface area contributed by atoms with Crippen LogP contribution >= 0.6 is 24.4 Å². The third-order valence-electron chi connectivity index (χ3n) is 2.64. The maximum atomic E-state index is 4.34. The SMILES string of the molecule is CC(CS)C(C)CSCCC(C)(C)C. The van der Waals surface area contributed by atoms with Crippen LogP contribution in [0.2, 0.25) is 0 Å². The predicted octanol–water partition coefficient (Wildman–Crippen LogP) is 4.36. The van der Waals surface area contributed by atoms with E-state index in [1.165, 1.54) is 17.9 Å². The lowest BCUT2D eigenvalue weighted by Crippen LogP contribution is -2.13. The molecule has 0 aromatic rings. The third kappa shape index (κ3) is 8.05. The van der Waals surface area contributed by atoms with Crippen LogP contribution in [0.1, 0.15) is 41.0 Å². The number of thioether (sulfide) groups is 1. The molecule has 2 unspecified atom stereocenters. The Labute approximate surface area is 100 Å². The molecule has 0 saturated heterocycles. The largest absolute Gasteiger partial charge is 0.179 e. The van der Waals surface area contributed by atoms with E-state index in [0.717, 1.165) is 17.6 Å². The van der Waals surface area contributed by atoms with E-state index in [0.29, 0.717) is 5.41 Å². The molecule has 0 rings (SSSR count).